The molecule has 0 spiro atoms. The van der Waals surface area contributed by atoms with Gasteiger partial charge in [-0.05, 0) is 24.6 Å². The Balaban J connectivity index is 1.77. The number of hydrogen-bond acceptors (Lipinski definition) is 5. The third kappa shape index (κ3) is 4.18. The molecular formula is C18H19NO5S. The third-order valence-electron chi connectivity index (χ3n) is 4.03. The predicted molar refractivity (Wildman–Crippen MR) is 91.7 cm³/mol. The van der Waals surface area contributed by atoms with E-state index in [0.717, 1.165) is 11.1 Å². The van der Waals surface area contributed by atoms with Crippen molar-refractivity contribution in [2.45, 2.75) is 23.8 Å². The lowest BCUT2D eigenvalue weighted by molar-refractivity contribution is 0.156. The van der Waals surface area contributed by atoms with E-state index in [9.17, 15) is 13.2 Å². The van der Waals surface area contributed by atoms with Crippen molar-refractivity contribution in [3.63, 3.8) is 0 Å². The lowest BCUT2D eigenvalue weighted by atomic mass is 9.93. The highest BCUT2D eigenvalue weighted by atomic mass is 32.2. The van der Waals surface area contributed by atoms with E-state index < -0.39 is 21.8 Å². The van der Waals surface area contributed by atoms with E-state index in [0.29, 0.717) is 6.42 Å². The van der Waals surface area contributed by atoms with Crippen molar-refractivity contribution >= 4 is 16.2 Å². The first kappa shape index (κ1) is 17.4. The average molecular weight is 361 g/mol. The number of nitrogens with one attached hydrogen (secondary N) is 1. The highest BCUT2D eigenvalue weighted by molar-refractivity contribution is 7.86. The van der Waals surface area contributed by atoms with Gasteiger partial charge in [0.25, 0.3) is 10.1 Å². The summed E-state index contributed by atoms with van der Waals surface area (Å²) in [5.74, 6) is 0. The summed E-state index contributed by atoms with van der Waals surface area (Å²) in [6.07, 6.45) is -0.171. The van der Waals surface area contributed by atoms with Crippen LogP contribution in [-0.4, -0.2) is 33.3 Å². The fourth-order valence-corrected chi connectivity index (χ4v) is 3.65. The topological polar surface area (TPSA) is 81.7 Å². The maximum absolute atomic E-state index is 12.4. The van der Waals surface area contributed by atoms with Crippen LogP contribution in [0.4, 0.5) is 4.79 Å². The monoisotopic (exact) mass is 361 g/mol. The summed E-state index contributed by atoms with van der Waals surface area (Å²) in [6, 6.07) is 15.9. The van der Waals surface area contributed by atoms with Crippen molar-refractivity contribution in [2.75, 3.05) is 13.2 Å². The number of aryl methyl sites for hydroxylation is 1. The molecule has 1 fully saturated rings. The van der Waals surface area contributed by atoms with Gasteiger partial charge >= 0.3 is 6.09 Å². The number of hydrogen-bond donors (Lipinski definition) is 1. The summed E-state index contributed by atoms with van der Waals surface area (Å²) in [5.41, 5.74) is 0.983. The van der Waals surface area contributed by atoms with E-state index in [1.54, 1.807) is 12.1 Å². The Morgan fingerprint density at radius 2 is 1.80 bits per heavy atom. The lowest BCUT2D eigenvalue weighted by Gasteiger charge is -2.26. The predicted octanol–water partition coefficient (Wildman–Crippen LogP) is 2.42. The van der Waals surface area contributed by atoms with Crippen molar-refractivity contribution in [3.05, 3.63) is 65.7 Å². The highest BCUT2D eigenvalue weighted by Crippen LogP contribution is 2.22. The van der Waals surface area contributed by atoms with E-state index in [4.69, 9.17) is 8.92 Å². The summed E-state index contributed by atoms with van der Waals surface area (Å²) < 4.78 is 35.0. The van der Waals surface area contributed by atoms with Gasteiger partial charge in [0.2, 0.25) is 0 Å². The molecule has 0 radical (unpaired) electrons. The fraction of sp³-hybridized carbons (Fsp3) is 0.278. The Bertz CT molecular complexity index is 849. The van der Waals surface area contributed by atoms with Crippen molar-refractivity contribution in [1.29, 1.82) is 0 Å². The Morgan fingerprint density at radius 1 is 1.12 bits per heavy atom. The Hall–Kier alpha value is -2.38. The fourth-order valence-electron chi connectivity index (χ4n) is 2.67. The van der Waals surface area contributed by atoms with Crippen LogP contribution in [-0.2, 0) is 25.5 Å². The van der Waals surface area contributed by atoms with E-state index >= 15 is 0 Å². The molecule has 132 valence electrons. The number of ether oxygens (including phenoxy) is 1. The summed E-state index contributed by atoms with van der Waals surface area (Å²) >= 11 is 0. The van der Waals surface area contributed by atoms with Crippen LogP contribution in [0.2, 0.25) is 0 Å². The molecule has 1 heterocycles. The van der Waals surface area contributed by atoms with E-state index in [2.05, 4.69) is 5.32 Å². The van der Waals surface area contributed by atoms with Crippen LogP contribution >= 0.6 is 0 Å². The molecule has 1 aliphatic rings. The summed E-state index contributed by atoms with van der Waals surface area (Å²) in [5, 5.41) is 2.70. The van der Waals surface area contributed by atoms with Gasteiger partial charge in [0.15, 0.2) is 0 Å². The Labute approximate surface area is 146 Å². The molecule has 1 N–H and O–H groups in total. The Kier molecular flexibility index (Phi) is 4.78. The van der Waals surface area contributed by atoms with Crippen LogP contribution in [0, 0.1) is 6.92 Å². The first-order valence-electron chi connectivity index (χ1n) is 7.84. The van der Waals surface area contributed by atoms with Crippen molar-refractivity contribution < 1.29 is 22.1 Å². The molecule has 0 aliphatic carbocycles. The first-order chi connectivity index (χ1) is 11.9. The molecule has 0 saturated carbocycles. The number of cyclic esters (lactones) is 1. The number of rotatable bonds is 6. The molecule has 3 rings (SSSR count). The zero-order valence-electron chi connectivity index (χ0n) is 13.8. The normalized spacial score (nSPS) is 20.1. The van der Waals surface area contributed by atoms with Gasteiger partial charge in [-0.15, -0.1) is 0 Å². The number of carbonyl (C=O) groups excluding carboxylic acids is 1. The molecule has 25 heavy (non-hydrogen) atoms. The van der Waals surface area contributed by atoms with Crippen LogP contribution in [0.5, 0.6) is 0 Å². The molecule has 0 bridgehead atoms. The molecule has 0 aromatic heterocycles. The lowest BCUT2D eigenvalue weighted by Crippen LogP contribution is -2.50. The van der Waals surface area contributed by atoms with E-state index in [-0.39, 0.29) is 18.1 Å². The molecule has 1 saturated heterocycles. The van der Waals surface area contributed by atoms with E-state index in [1.807, 2.05) is 37.3 Å². The number of benzene rings is 2. The van der Waals surface area contributed by atoms with Gasteiger partial charge in [-0.2, -0.15) is 8.42 Å². The summed E-state index contributed by atoms with van der Waals surface area (Å²) in [4.78, 5) is 11.6. The number of carbonyl (C=O) groups is 1. The molecule has 7 heteroatoms. The van der Waals surface area contributed by atoms with Crippen LogP contribution in [0.1, 0.15) is 11.1 Å². The Morgan fingerprint density at radius 3 is 2.40 bits per heavy atom. The summed E-state index contributed by atoms with van der Waals surface area (Å²) in [7, 11) is -3.92. The summed E-state index contributed by atoms with van der Waals surface area (Å²) in [6.45, 7) is 1.71. The van der Waals surface area contributed by atoms with Crippen molar-refractivity contribution in [1.82, 2.24) is 5.32 Å². The molecule has 1 amide bonds. The van der Waals surface area contributed by atoms with Gasteiger partial charge in [-0.3, -0.25) is 4.18 Å². The number of alkyl carbamates (subject to hydrolysis) is 1. The minimum Gasteiger partial charge on any atom is -0.447 e. The maximum Gasteiger partial charge on any atom is 0.407 e. The minimum atomic E-state index is -3.92. The van der Waals surface area contributed by atoms with Crippen molar-refractivity contribution in [3.8, 4) is 0 Å². The minimum absolute atomic E-state index is 0.0458. The van der Waals surface area contributed by atoms with Gasteiger partial charge in [0, 0.05) is 6.42 Å². The second-order valence-corrected chi connectivity index (χ2v) is 7.79. The smallest absolute Gasteiger partial charge is 0.407 e. The molecule has 1 aliphatic heterocycles. The average Bonchev–Trinajstić information content (AvgIpc) is 2.96. The highest BCUT2D eigenvalue weighted by Gasteiger charge is 2.41. The van der Waals surface area contributed by atoms with Gasteiger partial charge < -0.3 is 10.1 Å². The van der Waals surface area contributed by atoms with Crippen LogP contribution < -0.4 is 5.32 Å². The largest absolute Gasteiger partial charge is 0.447 e. The molecular weight excluding hydrogens is 342 g/mol. The van der Waals surface area contributed by atoms with Gasteiger partial charge in [-0.25, -0.2) is 4.79 Å². The number of amides is 1. The zero-order chi connectivity index (χ0) is 17.9. The molecule has 0 unspecified atom stereocenters. The first-order valence-corrected chi connectivity index (χ1v) is 9.24. The van der Waals surface area contributed by atoms with Crippen LogP contribution in [0.25, 0.3) is 0 Å². The van der Waals surface area contributed by atoms with Crippen LogP contribution in [0.15, 0.2) is 59.5 Å². The quantitative estimate of drug-likeness (QED) is 0.799. The van der Waals surface area contributed by atoms with Gasteiger partial charge in [-0.1, -0.05) is 48.0 Å². The zero-order valence-corrected chi connectivity index (χ0v) is 14.6. The third-order valence-corrected chi connectivity index (χ3v) is 5.31. The second kappa shape index (κ2) is 6.85. The van der Waals surface area contributed by atoms with Gasteiger partial charge in [0.05, 0.1) is 11.5 Å². The molecule has 2 aromatic carbocycles. The molecule has 2 aromatic rings. The molecule has 1 atom stereocenters. The second-order valence-electron chi connectivity index (χ2n) is 6.17. The SMILES string of the molecule is Cc1ccc(S(=O)(=O)OC[C@]2(Cc3ccccc3)COC(=O)N2)cc1. The molecule has 6 nitrogen and oxygen atoms in total. The maximum atomic E-state index is 12.4. The van der Waals surface area contributed by atoms with Crippen LogP contribution in [0.3, 0.4) is 0 Å². The van der Waals surface area contributed by atoms with Crippen molar-refractivity contribution in [2.24, 2.45) is 0 Å². The van der Waals surface area contributed by atoms with Gasteiger partial charge in [0.1, 0.15) is 12.1 Å². The standard InChI is InChI=1S/C18H19NO5S/c1-14-7-9-16(10-8-14)25(21,22)24-13-18(12-23-17(20)19-18)11-15-5-3-2-4-6-15/h2-10H,11-13H2,1H3,(H,19,20)/t18-/m0/s1. The van der Waals surface area contributed by atoms with E-state index in [1.165, 1.54) is 12.1 Å².